The molecule has 0 fully saturated rings. The Kier molecular flexibility index (Phi) is 62.9. The minimum Gasteiger partial charge on any atom is -0.462 e. The SMILES string of the molecule is CC/C=C\C/C=C\C/C=C\C/C=C\C/C=C\CCCCCC(=O)OC(COC(=O)CCC/C=C\C/C=C\C/C=C\C/C=C\C/C=C\CC)COC(=O)CCCCCCCCCCCCCCCC/C=C\C/C=C\C/C=C\C/C=C\CC. The summed E-state index contributed by atoms with van der Waals surface area (Å²) in [6.07, 6.45) is 99.4. The average molecular weight is 1120 g/mol. The van der Waals surface area contributed by atoms with Crippen LogP contribution in [0.3, 0.4) is 0 Å². The van der Waals surface area contributed by atoms with E-state index in [1.54, 1.807) is 0 Å². The Morgan fingerprint density at radius 2 is 0.457 bits per heavy atom. The fourth-order valence-corrected chi connectivity index (χ4v) is 8.44. The normalized spacial score (nSPS) is 13.3. The summed E-state index contributed by atoms with van der Waals surface area (Å²) in [6, 6.07) is 0. The average Bonchev–Trinajstić information content (AvgIpc) is 3.47. The number of rotatable bonds is 57. The molecule has 6 nitrogen and oxygen atoms in total. The van der Waals surface area contributed by atoms with Crippen molar-refractivity contribution in [2.45, 2.75) is 271 Å². The van der Waals surface area contributed by atoms with Crippen molar-refractivity contribution in [1.29, 1.82) is 0 Å². The molecule has 0 N–H and O–H groups in total. The van der Waals surface area contributed by atoms with Gasteiger partial charge in [-0.15, -0.1) is 0 Å². The number of allylic oxidation sites excluding steroid dienone is 28. The predicted octanol–water partition coefficient (Wildman–Crippen LogP) is 22.7. The summed E-state index contributed by atoms with van der Waals surface area (Å²) < 4.78 is 16.9. The highest BCUT2D eigenvalue weighted by Crippen LogP contribution is 2.15. The van der Waals surface area contributed by atoms with Gasteiger partial charge in [0, 0.05) is 19.3 Å². The van der Waals surface area contributed by atoms with Crippen LogP contribution in [0.25, 0.3) is 0 Å². The second kappa shape index (κ2) is 67.3. The molecular formula is C75H118O6. The molecule has 0 spiro atoms. The molecule has 0 heterocycles. The van der Waals surface area contributed by atoms with Crippen LogP contribution in [0, 0.1) is 0 Å². The van der Waals surface area contributed by atoms with Crippen LogP contribution >= 0.6 is 0 Å². The van der Waals surface area contributed by atoms with E-state index in [1.165, 1.54) is 77.0 Å². The van der Waals surface area contributed by atoms with Crippen LogP contribution in [0.1, 0.15) is 265 Å². The number of unbranched alkanes of at least 4 members (excludes halogenated alkanes) is 18. The molecule has 0 bridgehead atoms. The van der Waals surface area contributed by atoms with Crippen LogP contribution in [0.15, 0.2) is 170 Å². The molecule has 0 saturated carbocycles. The zero-order valence-corrected chi connectivity index (χ0v) is 52.0. The predicted molar refractivity (Wildman–Crippen MR) is 352 cm³/mol. The number of carbonyl (C=O) groups is 3. The third-order valence-corrected chi connectivity index (χ3v) is 13.2. The molecule has 1 unspecified atom stereocenters. The van der Waals surface area contributed by atoms with E-state index in [1.807, 2.05) is 0 Å². The van der Waals surface area contributed by atoms with E-state index in [9.17, 15) is 14.4 Å². The molecule has 81 heavy (non-hydrogen) atoms. The molecule has 0 amide bonds. The van der Waals surface area contributed by atoms with Gasteiger partial charge in [-0.05, 0) is 141 Å². The summed E-state index contributed by atoms with van der Waals surface area (Å²) in [5, 5.41) is 0. The first-order chi connectivity index (χ1) is 40.0. The highest BCUT2D eigenvalue weighted by molar-refractivity contribution is 5.71. The topological polar surface area (TPSA) is 78.9 Å². The maximum Gasteiger partial charge on any atom is 0.306 e. The largest absolute Gasteiger partial charge is 0.462 e. The lowest BCUT2D eigenvalue weighted by atomic mass is 10.0. The summed E-state index contributed by atoms with van der Waals surface area (Å²) in [5.74, 6) is -1.01. The Balaban J connectivity index is 4.46. The molecular weight excluding hydrogens is 997 g/mol. The first kappa shape index (κ1) is 75.8. The molecule has 0 radical (unpaired) electrons. The van der Waals surface area contributed by atoms with Crippen molar-refractivity contribution in [2.75, 3.05) is 13.2 Å². The van der Waals surface area contributed by atoms with Crippen LogP contribution in [-0.2, 0) is 28.6 Å². The van der Waals surface area contributed by atoms with E-state index >= 15 is 0 Å². The lowest BCUT2D eigenvalue weighted by Gasteiger charge is -2.18. The highest BCUT2D eigenvalue weighted by Gasteiger charge is 2.19. The number of hydrogen-bond donors (Lipinski definition) is 0. The van der Waals surface area contributed by atoms with Crippen LogP contribution in [0.5, 0.6) is 0 Å². The fraction of sp³-hybridized carbons (Fsp3) is 0.587. The summed E-state index contributed by atoms with van der Waals surface area (Å²) in [4.78, 5) is 38.4. The number of esters is 3. The van der Waals surface area contributed by atoms with Gasteiger partial charge in [-0.1, -0.05) is 274 Å². The summed E-state index contributed by atoms with van der Waals surface area (Å²) >= 11 is 0. The van der Waals surface area contributed by atoms with Crippen LogP contribution in [0.4, 0.5) is 0 Å². The van der Waals surface area contributed by atoms with Crippen molar-refractivity contribution in [2.24, 2.45) is 0 Å². The van der Waals surface area contributed by atoms with Crippen LogP contribution < -0.4 is 0 Å². The van der Waals surface area contributed by atoms with E-state index in [0.717, 1.165) is 135 Å². The maximum absolute atomic E-state index is 12.9. The van der Waals surface area contributed by atoms with Crippen LogP contribution in [-0.4, -0.2) is 37.2 Å². The minimum atomic E-state index is -0.829. The highest BCUT2D eigenvalue weighted by atomic mass is 16.6. The second-order valence-corrected chi connectivity index (χ2v) is 20.9. The molecule has 1 atom stereocenters. The fourth-order valence-electron chi connectivity index (χ4n) is 8.44. The lowest BCUT2D eigenvalue weighted by molar-refractivity contribution is -0.167. The molecule has 0 aliphatic rings. The first-order valence-electron chi connectivity index (χ1n) is 32.6. The zero-order valence-electron chi connectivity index (χ0n) is 52.0. The Morgan fingerprint density at radius 3 is 0.753 bits per heavy atom. The summed E-state index contributed by atoms with van der Waals surface area (Å²) in [6.45, 7) is 6.22. The summed E-state index contributed by atoms with van der Waals surface area (Å²) in [7, 11) is 0. The van der Waals surface area contributed by atoms with Crippen molar-refractivity contribution >= 4 is 17.9 Å². The molecule has 0 aliphatic heterocycles. The van der Waals surface area contributed by atoms with Gasteiger partial charge < -0.3 is 14.2 Å². The van der Waals surface area contributed by atoms with Crippen LogP contribution in [0.2, 0.25) is 0 Å². The quantitative estimate of drug-likeness (QED) is 0.0261. The Labute approximate surface area is 498 Å². The monoisotopic (exact) mass is 1110 g/mol. The third kappa shape index (κ3) is 65.5. The van der Waals surface area contributed by atoms with Crippen molar-refractivity contribution in [3.8, 4) is 0 Å². The van der Waals surface area contributed by atoms with E-state index in [-0.39, 0.29) is 44.0 Å². The van der Waals surface area contributed by atoms with Gasteiger partial charge in [-0.3, -0.25) is 14.4 Å². The third-order valence-electron chi connectivity index (χ3n) is 13.2. The Hall–Kier alpha value is -5.23. The van der Waals surface area contributed by atoms with Gasteiger partial charge in [-0.2, -0.15) is 0 Å². The molecule has 0 rings (SSSR count). The zero-order chi connectivity index (χ0) is 58.5. The second-order valence-electron chi connectivity index (χ2n) is 20.9. The van der Waals surface area contributed by atoms with Gasteiger partial charge in [0.1, 0.15) is 13.2 Å². The first-order valence-corrected chi connectivity index (χ1v) is 32.6. The van der Waals surface area contributed by atoms with Crippen molar-refractivity contribution in [1.82, 2.24) is 0 Å². The molecule has 0 aliphatic carbocycles. The van der Waals surface area contributed by atoms with Gasteiger partial charge in [0.25, 0.3) is 0 Å². The van der Waals surface area contributed by atoms with Gasteiger partial charge in [0.15, 0.2) is 6.10 Å². The van der Waals surface area contributed by atoms with Gasteiger partial charge in [0.05, 0.1) is 0 Å². The van der Waals surface area contributed by atoms with Gasteiger partial charge in [-0.25, -0.2) is 0 Å². The number of carbonyl (C=O) groups excluding carboxylic acids is 3. The maximum atomic E-state index is 12.9. The molecule has 0 aromatic rings. The van der Waals surface area contributed by atoms with Gasteiger partial charge in [0.2, 0.25) is 0 Å². The summed E-state index contributed by atoms with van der Waals surface area (Å²) in [5.41, 5.74) is 0. The van der Waals surface area contributed by atoms with Crippen molar-refractivity contribution in [3.63, 3.8) is 0 Å². The van der Waals surface area contributed by atoms with E-state index in [0.29, 0.717) is 19.3 Å². The van der Waals surface area contributed by atoms with Crippen molar-refractivity contribution in [3.05, 3.63) is 170 Å². The molecule has 0 aromatic heterocycles. The Morgan fingerprint density at radius 1 is 0.247 bits per heavy atom. The van der Waals surface area contributed by atoms with Crippen molar-refractivity contribution < 1.29 is 28.6 Å². The van der Waals surface area contributed by atoms with E-state index < -0.39 is 6.10 Å². The molecule has 6 heteroatoms. The van der Waals surface area contributed by atoms with E-state index in [2.05, 4.69) is 191 Å². The standard InChI is InChI=1S/C75H118O6/c1-4-7-10-13-16-19-22-25-28-31-33-34-35-36-37-38-39-40-42-44-47-50-53-56-59-62-65-68-74(77)80-71-72(70-79-73(76)67-64-61-58-55-52-49-46-43-30-27-24-21-18-15-12-9-6-3)81-75(78)69-66-63-60-57-54-51-48-45-41-32-29-26-23-20-17-14-11-8-5-2/h7-12,16-21,25-30,33-34,41,45-46,49,51,54-55,58,72H,4-6,13-15,22-24,31-32,35-40,42-44,47-48,50,52-53,56-57,59-71H2,1-3H3/b10-7-,11-8-,12-9-,19-16-,20-17-,21-18-,28-25-,29-26-,30-27-,34-33-,45-41-,49-46-,54-51-,58-55-. The Bertz CT molecular complexity index is 1860. The molecule has 0 aromatic carbocycles. The minimum absolute atomic E-state index is 0.116. The molecule has 0 saturated heterocycles. The number of hydrogen-bond acceptors (Lipinski definition) is 6. The lowest BCUT2D eigenvalue weighted by Crippen LogP contribution is -2.30. The van der Waals surface area contributed by atoms with E-state index in [4.69, 9.17) is 14.2 Å². The van der Waals surface area contributed by atoms with Gasteiger partial charge >= 0.3 is 17.9 Å². The smallest absolute Gasteiger partial charge is 0.306 e. The molecule has 454 valence electrons. The number of ether oxygens (including phenoxy) is 3.